The smallest absolute Gasteiger partial charge is 0.248 e. The van der Waals surface area contributed by atoms with Crippen molar-refractivity contribution in [2.24, 2.45) is 0 Å². The van der Waals surface area contributed by atoms with Gasteiger partial charge in [-0.2, -0.15) is 0 Å². The Morgan fingerprint density at radius 3 is 2.61 bits per heavy atom. The molecule has 3 aromatic rings. The molecule has 0 amide bonds. The van der Waals surface area contributed by atoms with Gasteiger partial charge in [0.25, 0.3) is 0 Å². The Balaban J connectivity index is 2.21. The highest BCUT2D eigenvalue weighted by atomic mass is 35.5. The summed E-state index contributed by atoms with van der Waals surface area (Å²) in [4.78, 5) is 3.97. The summed E-state index contributed by atoms with van der Waals surface area (Å²) < 4.78 is 1.53. The fourth-order valence-corrected chi connectivity index (χ4v) is 1.82. The highest BCUT2D eigenvalue weighted by Crippen LogP contribution is 2.19. The molecule has 2 heterocycles. The molecule has 1 aromatic carbocycles. The number of rotatable bonds is 1. The van der Waals surface area contributed by atoms with Gasteiger partial charge >= 0.3 is 0 Å². The van der Waals surface area contributed by atoms with Crippen molar-refractivity contribution in [2.75, 3.05) is 0 Å². The minimum atomic E-state index is -0.296. The summed E-state index contributed by atoms with van der Waals surface area (Å²) in [5, 5.41) is 16.8. The Morgan fingerprint density at radius 2 is 1.83 bits per heavy atom. The second-order valence-corrected chi connectivity index (χ2v) is 4.21. The molecule has 0 fully saturated rings. The molecule has 4 nitrogen and oxygen atoms in total. The van der Waals surface area contributed by atoms with E-state index in [0.29, 0.717) is 16.4 Å². The molecule has 5 heteroatoms. The molecule has 0 atom stereocenters. The van der Waals surface area contributed by atoms with Crippen LogP contribution in [0.3, 0.4) is 0 Å². The van der Waals surface area contributed by atoms with Crippen molar-refractivity contribution in [3.63, 3.8) is 0 Å². The molecule has 0 unspecified atom stereocenters. The molecule has 0 spiro atoms. The third-order valence-electron chi connectivity index (χ3n) is 2.57. The maximum Gasteiger partial charge on any atom is 0.248 e. The molecule has 0 aliphatic rings. The molecule has 88 valence electrons. The average Bonchev–Trinajstić information content (AvgIpc) is 2.39. The highest BCUT2D eigenvalue weighted by Gasteiger charge is 2.10. The standard InChI is InChI=1S/C13H8ClN3O/c14-10-6-4-9(5-7-10)12-15-13(18)11-3-1-2-8-17(11)16-12/h1-8H. The zero-order chi connectivity index (χ0) is 12.5. The van der Waals surface area contributed by atoms with Gasteiger partial charge in [-0.1, -0.05) is 11.6 Å². The van der Waals surface area contributed by atoms with Gasteiger partial charge in [-0.25, -0.2) is 4.98 Å². The van der Waals surface area contributed by atoms with E-state index in [2.05, 4.69) is 10.1 Å². The van der Waals surface area contributed by atoms with Crippen LogP contribution in [0, 0.1) is 0 Å². The van der Waals surface area contributed by atoms with Gasteiger partial charge in [-0.05, 0) is 34.8 Å². The SMILES string of the molecule is [O-]c1nc(-c2ccc(Cl)cc2)n[n+]2ccccc12. The van der Waals surface area contributed by atoms with Crippen molar-refractivity contribution in [3.05, 3.63) is 53.7 Å². The number of hydrogen-bond acceptors (Lipinski definition) is 3. The Labute approximate surface area is 108 Å². The molecule has 2 aromatic heterocycles. The fourth-order valence-electron chi connectivity index (χ4n) is 1.69. The van der Waals surface area contributed by atoms with Crippen LogP contribution < -0.4 is 9.62 Å². The first kappa shape index (κ1) is 10.9. The van der Waals surface area contributed by atoms with Gasteiger partial charge in [-0.15, -0.1) is 0 Å². The zero-order valence-corrected chi connectivity index (χ0v) is 10.0. The first-order valence-corrected chi connectivity index (χ1v) is 5.73. The average molecular weight is 258 g/mol. The van der Waals surface area contributed by atoms with Gasteiger partial charge < -0.3 is 5.11 Å². The highest BCUT2D eigenvalue weighted by molar-refractivity contribution is 6.30. The van der Waals surface area contributed by atoms with Crippen LogP contribution in [0.2, 0.25) is 5.02 Å². The van der Waals surface area contributed by atoms with Crippen LogP contribution in [0.1, 0.15) is 0 Å². The number of aromatic nitrogens is 3. The van der Waals surface area contributed by atoms with E-state index in [1.54, 1.807) is 42.6 Å². The number of halogens is 1. The Bertz CT molecular complexity index is 713. The number of hydrogen-bond donors (Lipinski definition) is 0. The maximum atomic E-state index is 11.8. The predicted molar refractivity (Wildman–Crippen MR) is 65.1 cm³/mol. The molecule has 0 saturated heterocycles. The lowest BCUT2D eigenvalue weighted by molar-refractivity contribution is -0.583. The molecule has 3 rings (SSSR count). The zero-order valence-electron chi connectivity index (χ0n) is 9.25. The fraction of sp³-hybridized carbons (Fsp3) is 0. The Hall–Kier alpha value is -2.20. The summed E-state index contributed by atoms with van der Waals surface area (Å²) in [5.41, 5.74) is 1.21. The number of pyridine rings is 1. The van der Waals surface area contributed by atoms with Gasteiger partial charge in [0.1, 0.15) is 0 Å². The van der Waals surface area contributed by atoms with Crippen LogP contribution in [-0.4, -0.2) is 10.1 Å². The summed E-state index contributed by atoms with van der Waals surface area (Å²) in [5.74, 6) is 0.0934. The molecule has 0 bridgehead atoms. The van der Waals surface area contributed by atoms with Gasteiger partial charge in [0, 0.05) is 27.8 Å². The molecular weight excluding hydrogens is 250 g/mol. The summed E-state index contributed by atoms with van der Waals surface area (Å²) in [6, 6.07) is 12.3. The van der Waals surface area contributed by atoms with Crippen LogP contribution in [-0.2, 0) is 0 Å². The van der Waals surface area contributed by atoms with Crippen LogP contribution in [0.25, 0.3) is 16.9 Å². The van der Waals surface area contributed by atoms with Crippen molar-refractivity contribution < 1.29 is 9.62 Å². The molecule has 0 radical (unpaired) electrons. The second-order valence-electron chi connectivity index (χ2n) is 3.78. The summed E-state index contributed by atoms with van der Waals surface area (Å²) in [6.07, 6.45) is 1.72. The summed E-state index contributed by atoms with van der Waals surface area (Å²) >= 11 is 5.82. The molecule has 0 aliphatic carbocycles. The third kappa shape index (κ3) is 1.87. The Kier molecular flexibility index (Phi) is 2.57. The molecule has 18 heavy (non-hydrogen) atoms. The number of benzene rings is 1. The normalized spacial score (nSPS) is 10.7. The van der Waals surface area contributed by atoms with E-state index in [1.165, 1.54) is 4.52 Å². The lowest BCUT2D eigenvalue weighted by atomic mass is 10.2. The first-order valence-electron chi connectivity index (χ1n) is 5.36. The van der Waals surface area contributed by atoms with Gasteiger partial charge in [-0.3, -0.25) is 0 Å². The molecule has 0 N–H and O–H groups in total. The molecule has 0 saturated carbocycles. The van der Waals surface area contributed by atoms with Gasteiger partial charge in [0.15, 0.2) is 0 Å². The van der Waals surface area contributed by atoms with Crippen molar-refractivity contribution >= 4 is 17.1 Å². The van der Waals surface area contributed by atoms with Crippen molar-refractivity contribution in [1.29, 1.82) is 0 Å². The third-order valence-corrected chi connectivity index (χ3v) is 2.82. The maximum absolute atomic E-state index is 11.8. The number of nitrogens with zero attached hydrogens (tertiary/aromatic N) is 3. The van der Waals surface area contributed by atoms with E-state index < -0.39 is 0 Å². The monoisotopic (exact) mass is 257 g/mol. The van der Waals surface area contributed by atoms with E-state index in [9.17, 15) is 5.11 Å². The first-order chi connectivity index (χ1) is 8.74. The summed E-state index contributed by atoms with van der Waals surface area (Å²) in [7, 11) is 0. The quantitative estimate of drug-likeness (QED) is 0.623. The van der Waals surface area contributed by atoms with E-state index >= 15 is 0 Å². The predicted octanol–water partition coefficient (Wildman–Crippen LogP) is 1.61. The van der Waals surface area contributed by atoms with Gasteiger partial charge in [0.2, 0.25) is 17.5 Å². The second kappa shape index (κ2) is 4.23. The minimum Gasteiger partial charge on any atom is -0.854 e. The van der Waals surface area contributed by atoms with Crippen LogP contribution >= 0.6 is 11.6 Å². The molecule has 0 aliphatic heterocycles. The van der Waals surface area contributed by atoms with E-state index in [0.717, 1.165) is 5.56 Å². The lowest BCUT2D eigenvalue weighted by Gasteiger charge is -2.05. The van der Waals surface area contributed by atoms with E-state index in [4.69, 9.17) is 11.6 Å². The molecular formula is C13H8ClN3O. The minimum absolute atomic E-state index is 0.296. The van der Waals surface area contributed by atoms with Gasteiger partial charge in [0.05, 0.1) is 5.88 Å². The van der Waals surface area contributed by atoms with E-state index in [-0.39, 0.29) is 5.88 Å². The van der Waals surface area contributed by atoms with Crippen molar-refractivity contribution in [2.45, 2.75) is 0 Å². The van der Waals surface area contributed by atoms with E-state index in [1.807, 2.05) is 6.07 Å². The lowest BCUT2D eigenvalue weighted by Crippen LogP contribution is -2.28. The largest absolute Gasteiger partial charge is 0.854 e. The topological polar surface area (TPSA) is 52.9 Å². The summed E-state index contributed by atoms with van der Waals surface area (Å²) in [6.45, 7) is 0. The van der Waals surface area contributed by atoms with Crippen LogP contribution in [0.15, 0.2) is 48.7 Å². The van der Waals surface area contributed by atoms with Crippen molar-refractivity contribution in [3.8, 4) is 17.3 Å². The van der Waals surface area contributed by atoms with Crippen LogP contribution in [0.5, 0.6) is 5.88 Å². The Morgan fingerprint density at radius 1 is 1.06 bits per heavy atom. The van der Waals surface area contributed by atoms with Crippen molar-refractivity contribution in [1.82, 2.24) is 10.1 Å². The number of fused-ring (bicyclic) bond motifs is 1. The van der Waals surface area contributed by atoms with Crippen LogP contribution in [0.4, 0.5) is 0 Å².